The van der Waals surface area contributed by atoms with Gasteiger partial charge in [0.1, 0.15) is 5.75 Å². The van der Waals surface area contributed by atoms with Crippen molar-refractivity contribution in [2.75, 3.05) is 13.7 Å². The average molecular weight is 249 g/mol. The molecule has 1 unspecified atom stereocenters. The SMILES string of the molecule is CCC(O)CNC(=O)/C=C/c1ccc(OC)cc1. The molecule has 98 valence electrons. The van der Waals surface area contributed by atoms with Crippen LogP contribution in [-0.4, -0.2) is 30.8 Å². The lowest BCUT2D eigenvalue weighted by atomic mass is 10.2. The van der Waals surface area contributed by atoms with Gasteiger partial charge in [-0.2, -0.15) is 0 Å². The summed E-state index contributed by atoms with van der Waals surface area (Å²) < 4.78 is 5.04. The lowest BCUT2D eigenvalue weighted by molar-refractivity contribution is -0.116. The zero-order valence-corrected chi connectivity index (χ0v) is 10.7. The summed E-state index contributed by atoms with van der Waals surface area (Å²) in [7, 11) is 1.61. The van der Waals surface area contributed by atoms with Crippen molar-refractivity contribution in [2.45, 2.75) is 19.4 Å². The number of ether oxygens (including phenoxy) is 1. The summed E-state index contributed by atoms with van der Waals surface area (Å²) in [6.45, 7) is 2.15. The second-order valence-electron chi connectivity index (χ2n) is 3.91. The molecular weight excluding hydrogens is 230 g/mol. The van der Waals surface area contributed by atoms with Gasteiger partial charge in [-0.05, 0) is 30.2 Å². The van der Waals surface area contributed by atoms with E-state index >= 15 is 0 Å². The molecule has 1 amide bonds. The van der Waals surface area contributed by atoms with E-state index in [4.69, 9.17) is 4.74 Å². The second-order valence-corrected chi connectivity index (χ2v) is 3.91. The highest BCUT2D eigenvalue weighted by Gasteiger charge is 2.01. The zero-order valence-electron chi connectivity index (χ0n) is 10.7. The first-order chi connectivity index (χ1) is 8.65. The van der Waals surface area contributed by atoms with Crippen molar-refractivity contribution in [3.63, 3.8) is 0 Å². The highest BCUT2D eigenvalue weighted by Crippen LogP contribution is 2.12. The number of carbonyl (C=O) groups is 1. The maximum atomic E-state index is 11.4. The maximum Gasteiger partial charge on any atom is 0.244 e. The summed E-state index contributed by atoms with van der Waals surface area (Å²) in [6.07, 6.45) is 3.31. The molecular formula is C14H19NO3. The Balaban J connectivity index is 2.45. The van der Waals surface area contributed by atoms with Crippen LogP contribution in [-0.2, 0) is 4.79 Å². The van der Waals surface area contributed by atoms with Gasteiger partial charge in [0.25, 0.3) is 0 Å². The third-order valence-electron chi connectivity index (χ3n) is 2.53. The summed E-state index contributed by atoms with van der Waals surface area (Å²) in [5.41, 5.74) is 0.919. The number of nitrogens with one attached hydrogen (secondary N) is 1. The van der Waals surface area contributed by atoms with Crippen LogP contribution in [0.15, 0.2) is 30.3 Å². The molecule has 0 fully saturated rings. The predicted molar refractivity (Wildman–Crippen MR) is 71.3 cm³/mol. The number of aliphatic hydroxyl groups is 1. The molecule has 4 heteroatoms. The summed E-state index contributed by atoms with van der Waals surface area (Å²) in [5.74, 6) is 0.570. The van der Waals surface area contributed by atoms with Gasteiger partial charge in [-0.25, -0.2) is 0 Å². The van der Waals surface area contributed by atoms with Crippen LogP contribution < -0.4 is 10.1 Å². The third-order valence-corrected chi connectivity index (χ3v) is 2.53. The van der Waals surface area contributed by atoms with Gasteiger partial charge in [0, 0.05) is 12.6 Å². The van der Waals surface area contributed by atoms with Crippen LogP contribution in [0.1, 0.15) is 18.9 Å². The summed E-state index contributed by atoms with van der Waals surface area (Å²) in [5, 5.41) is 11.9. The van der Waals surface area contributed by atoms with E-state index in [0.29, 0.717) is 6.42 Å². The zero-order chi connectivity index (χ0) is 13.4. The highest BCUT2D eigenvalue weighted by atomic mass is 16.5. The molecule has 0 aromatic heterocycles. The minimum Gasteiger partial charge on any atom is -0.497 e. The molecule has 0 spiro atoms. The molecule has 18 heavy (non-hydrogen) atoms. The molecule has 0 bridgehead atoms. The highest BCUT2D eigenvalue weighted by molar-refractivity contribution is 5.91. The molecule has 0 saturated heterocycles. The minimum atomic E-state index is -0.483. The molecule has 0 aliphatic rings. The van der Waals surface area contributed by atoms with Gasteiger partial charge in [0.15, 0.2) is 0 Å². The quantitative estimate of drug-likeness (QED) is 0.753. The number of carbonyl (C=O) groups excluding carboxylic acids is 1. The van der Waals surface area contributed by atoms with E-state index in [2.05, 4.69) is 5.32 Å². The lowest BCUT2D eigenvalue weighted by Crippen LogP contribution is -2.30. The number of hydrogen-bond acceptors (Lipinski definition) is 3. The van der Waals surface area contributed by atoms with Crippen molar-refractivity contribution < 1.29 is 14.6 Å². The van der Waals surface area contributed by atoms with Crippen molar-refractivity contribution in [1.82, 2.24) is 5.32 Å². The Morgan fingerprint density at radius 1 is 1.44 bits per heavy atom. The Labute approximate surface area is 107 Å². The van der Waals surface area contributed by atoms with Gasteiger partial charge in [-0.1, -0.05) is 19.1 Å². The summed E-state index contributed by atoms with van der Waals surface area (Å²) in [4.78, 5) is 11.4. The number of amides is 1. The first-order valence-corrected chi connectivity index (χ1v) is 5.93. The normalized spacial score (nSPS) is 12.4. The van der Waals surface area contributed by atoms with Crippen LogP contribution in [0.5, 0.6) is 5.75 Å². The van der Waals surface area contributed by atoms with Crippen molar-refractivity contribution in [3.05, 3.63) is 35.9 Å². The average Bonchev–Trinajstić information content (AvgIpc) is 2.42. The maximum absolute atomic E-state index is 11.4. The Bertz CT molecular complexity index is 398. The molecule has 0 heterocycles. The molecule has 0 aliphatic carbocycles. The first kappa shape index (κ1) is 14.3. The van der Waals surface area contributed by atoms with Crippen LogP contribution in [0.25, 0.3) is 6.08 Å². The molecule has 1 atom stereocenters. The van der Waals surface area contributed by atoms with E-state index in [1.54, 1.807) is 13.2 Å². The molecule has 4 nitrogen and oxygen atoms in total. The van der Waals surface area contributed by atoms with Gasteiger partial charge >= 0.3 is 0 Å². The van der Waals surface area contributed by atoms with Crippen LogP contribution in [0.4, 0.5) is 0 Å². The van der Waals surface area contributed by atoms with Gasteiger partial charge in [0.05, 0.1) is 13.2 Å². The van der Waals surface area contributed by atoms with Gasteiger partial charge in [-0.3, -0.25) is 4.79 Å². The van der Waals surface area contributed by atoms with Gasteiger partial charge < -0.3 is 15.2 Å². The standard InChI is InChI=1S/C14H19NO3/c1-3-12(16)10-15-14(17)9-6-11-4-7-13(18-2)8-5-11/h4-9,12,16H,3,10H2,1-2H3,(H,15,17)/b9-6+. The molecule has 0 saturated carbocycles. The Kier molecular flexibility index (Phi) is 5.94. The van der Waals surface area contributed by atoms with Crippen molar-refractivity contribution in [2.24, 2.45) is 0 Å². The van der Waals surface area contributed by atoms with Crippen LogP contribution in [0, 0.1) is 0 Å². The fourth-order valence-electron chi connectivity index (χ4n) is 1.31. The van der Waals surface area contributed by atoms with E-state index in [1.165, 1.54) is 6.08 Å². The molecule has 0 radical (unpaired) electrons. The van der Waals surface area contributed by atoms with E-state index in [1.807, 2.05) is 31.2 Å². The summed E-state index contributed by atoms with van der Waals surface area (Å²) in [6, 6.07) is 7.39. The Hall–Kier alpha value is -1.81. The van der Waals surface area contributed by atoms with Crippen molar-refractivity contribution in [1.29, 1.82) is 0 Å². The molecule has 1 aromatic rings. The van der Waals surface area contributed by atoms with Crippen LogP contribution >= 0.6 is 0 Å². The smallest absolute Gasteiger partial charge is 0.244 e. The van der Waals surface area contributed by atoms with E-state index in [0.717, 1.165) is 11.3 Å². The molecule has 2 N–H and O–H groups in total. The van der Waals surface area contributed by atoms with E-state index in [9.17, 15) is 9.90 Å². The Morgan fingerprint density at radius 2 is 2.11 bits per heavy atom. The summed E-state index contributed by atoms with van der Waals surface area (Å²) >= 11 is 0. The van der Waals surface area contributed by atoms with Crippen LogP contribution in [0.3, 0.4) is 0 Å². The second kappa shape index (κ2) is 7.50. The van der Waals surface area contributed by atoms with Crippen molar-refractivity contribution in [3.8, 4) is 5.75 Å². The van der Waals surface area contributed by atoms with E-state index in [-0.39, 0.29) is 12.5 Å². The van der Waals surface area contributed by atoms with Gasteiger partial charge in [0.2, 0.25) is 5.91 Å². The fourth-order valence-corrected chi connectivity index (χ4v) is 1.31. The molecule has 1 rings (SSSR count). The fraction of sp³-hybridized carbons (Fsp3) is 0.357. The first-order valence-electron chi connectivity index (χ1n) is 5.93. The topological polar surface area (TPSA) is 58.6 Å². The third kappa shape index (κ3) is 5.01. The number of benzene rings is 1. The number of methoxy groups -OCH3 is 1. The van der Waals surface area contributed by atoms with Gasteiger partial charge in [-0.15, -0.1) is 0 Å². The number of rotatable bonds is 6. The van der Waals surface area contributed by atoms with E-state index < -0.39 is 6.10 Å². The van der Waals surface area contributed by atoms with Crippen LogP contribution in [0.2, 0.25) is 0 Å². The molecule has 1 aromatic carbocycles. The predicted octanol–water partition coefficient (Wildman–Crippen LogP) is 1.60. The monoisotopic (exact) mass is 249 g/mol. The largest absolute Gasteiger partial charge is 0.497 e. The van der Waals surface area contributed by atoms with Crippen molar-refractivity contribution >= 4 is 12.0 Å². The minimum absolute atomic E-state index is 0.210. The lowest BCUT2D eigenvalue weighted by Gasteiger charge is -2.07. The number of aliphatic hydroxyl groups excluding tert-OH is 1. The molecule has 0 aliphatic heterocycles. The Morgan fingerprint density at radius 3 is 2.67 bits per heavy atom. The number of hydrogen-bond donors (Lipinski definition) is 2.